The lowest BCUT2D eigenvalue weighted by Gasteiger charge is -1.89. The van der Waals surface area contributed by atoms with Gasteiger partial charge in [0, 0.05) is 0 Å². The molecule has 1 heteroatoms. The summed E-state index contributed by atoms with van der Waals surface area (Å²) in [6.45, 7) is 2.19. The molecule has 14 heavy (non-hydrogen) atoms. The van der Waals surface area contributed by atoms with Crippen LogP contribution in [0, 0.1) is 0 Å². The van der Waals surface area contributed by atoms with E-state index < -0.39 is 0 Å². The van der Waals surface area contributed by atoms with Crippen molar-refractivity contribution in [1.29, 1.82) is 0 Å². The first-order valence-electron chi connectivity index (χ1n) is 5.29. The van der Waals surface area contributed by atoms with E-state index in [0.717, 1.165) is 0 Å². The first kappa shape index (κ1) is 9.47. The molecule has 1 fully saturated rings. The number of ether oxygens (including phenoxy) is 1. The zero-order chi connectivity index (χ0) is 9.80. The van der Waals surface area contributed by atoms with Crippen LogP contribution in [0.15, 0.2) is 36.4 Å². The second-order valence-corrected chi connectivity index (χ2v) is 3.70. The van der Waals surface area contributed by atoms with Crippen LogP contribution < -0.4 is 0 Å². The average Bonchev–Trinajstić information content (AvgIpc) is 2.96. The highest BCUT2D eigenvalue weighted by molar-refractivity contribution is 5.49. The molecule has 1 heterocycles. The molecule has 0 spiro atoms. The van der Waals surface area contributed by atoms with Gasteiger partial charge in [0.25, 0.3) is 0 Å². The van der Waals surface area contributed by atoms with Crippen LogP contribution in [-0.2, 0) is 4.74 Å². The van der Waals surface area contributed by atoms with Crippen LogP contribution in [0.2, 0.25) is 0 Å². The van der Waals surface area contributed by atoms with Crippen molar-refractivity contribution < 1.29 is 4.74 Å². The monoisotopic (exact) mass is 188 g/mol. The maximum absolute atomic E-state index is 5.49. The van der Waals surface area contributed by atoms with Gasteiger partial charge >= 0.3 is 0 Å². The summed E-state index contributed by atoms with van der Waals surface area (Å²) < 4.78 is 5.49. The van der Waals surface area contributed by atoms with Gasteiger partial charge in [0.15, 0.2) is 0 Å². The normalized spacial score (nSPS) is 25.5. The lowest BCUT2D eigenvalue weighted by atomic mass is 10.1. The maximum Gasteiger partial charge on any atom is 0.103 e. The van der Waals surface area contributed by atoms with Gasteiger partial charge in [-0.15, -0.1) is 0 Å². The first-order chi connectivity index (χ1) is 6.90. The highest BCUT2D eigenvalue weighted by Crippen LogP contribution is 2.28. The first-order valence-corrected chi connectivity index (χ1v) is 5.29. The molecule has 0 bridgehead atoms. The van der Waals surface area contributed by atoms with Gasteiger partial charge in [0.2, 0.25) is 0 Å². The van der Waals surface area contributed by atoms with E-state index in [1.54, 1.807) is 0 Å². The Kier molecular flexibility index (Phi) is 3.00. The molecule has 0 amide bonds. The van der Waals surface area contributed by atoms with Crippen molar-refractivity contribution in [2.45, 2.75) is 32.0 Å². The van der Waals surface area contributed by atoms with Gasteiger partial charge in [0.05, 0.1) is 6.10 Å². The van der Waals surface area contributed by atoms with Crippen molar-refractivity contribution in [2.24, 2.45) is 0 Å². The van der Waals surface area contributed by atoms with Crippen LogP contribution in [0.25, 0.3) is 6.08 Å². The number of rotatable bonds is 4. The van der Waals surface area contributed by atoms with Crippen molar-refractivity contribution in [1.82, 2.24) is 0 Å². The fraction of sp³-hybridized carbons (Fsp3) is 0.385. The number of benzene rings is 1. The minimum Gasteiger partial charge on any atom is -0.365 e. The Morgan fingerprint density at radius 2 is 2.07 bits per heavy atom. The van der Waals surface area contributed by atoms with Crippen molar-refractivity contribution in [3.8, 4) is 0 Å². The zero-order valence-corrected chi connectivity index (χ0v) is 8.52. The Bertz CT molecular complexity index is 302. The third-order valence-electron chi connectivity index (χ3n) is 2.47. The van der Waals surface area contributed by atoms with Gasteiger partial charge < -0.3 is 4.74 Å². The molecule has 74 valence electrons. The molecule has 2 atom stereocenters. The standard InChI is InChI=1S/C13H16O/c1-2-6-12-13(14-12)10-9-11-7-4-3-5-8-11/h3-5,7-10,12-13H,2,6H2,1H3/b10-9+/t12-,13-/m1/s1. The van der Waals surface area contributed by atoms with E-state index in [4.69, 9.17) is 4.74 Å². The van der Waals surface area contributed by atoms with E-state index in [0.29, 0.717) is 12.2 Å². The molecule has 1 aliphatic rings. The molecule has 1 aliphatic heterocycles. The fourth-order valence-electron chi connectivity index (χ4n) is 1.61. The van der Waals surface area contributed by atoms with Crippen LogP contribution in [-0.4, -0.2) is 12.2 Å². The lowest BCUT2D eigenvalue weighted by molar-refractivity contribution is 0.378. The van der Waals surface area contributed by atoms with Gasteiger partial charge in [-0.1, -0.05) is 55.8 Å². The highest BCUT2D eigenvalue weighted by Gasteiger charge is 2.34. The molecule has 0 saturated carbocycles. The predicted molar refractivity (Wildman–Crippen MR) is 59.0 cm³/mol. The maximum atomic E-state index is 5.49. The molecule has 0 radical (unpaired) electrons. The minimum absolute atomic E-state index is 0.371. The summed E-state index contributed by atoms with van der Waals surface area (Å²) >= 11 is 0. The Balaban J connectivity index is 1.85. The predicted octanol–water partition coefficient (Wildman–Crippen LogP) is 3.27. The number of hydrogen-bond donors (Lipinski definition) is 0. The van der Waals surface area contributed by atoms with E-state index >= 15 is 0 Å². The van der Waals surface area contributed by atoms with Gasteiger partial charge in [-0.2, -0.15) is 0 Å². The van der Waals surface area contributed by atoms with Crippen molar-refractivity contribution in [2.75, 3.05) is 0 Å². The smallest absolute Gasteiger partial charge is 0.103 e. The highest BCUT2D eigenvalue weighted by atomic mass is 16.6. The summed E-state index contributed by atoms with van der Waals surface area (Å²) in [7, 11) is 0. The summed E-state index contributed by atoms with van der Waals surface area (Å²) in [6.07, 6.45) is 7.55. The molecule has 1 aromatic rings. The van der Waals surface area contributed by atoms with E-state index in [1.165, 1.54) is 18.4 Å². The Hall–Kier alpha value is -1.08. The topological polar surface area (TPSA) is 12.5 Å². The molecule has 2 rings (SSSR count). The molecule has 0 aliphatic carbocycles. The third kappa shape index (κ3) is 2.46. The van der Waals surface area contributed by atoms with Crippen molar-refractivity contribution in [3.05, 3.63) is 42.0 Å². The molecule has 1 aromatic carbocycles. The van der Waals surface area contributed by atoms with Crippen LogP contribution in [0.1, 0.15) is 25.3 Å². The van der Waals surface area contributed by atoms with Crippen molar-refractivity contribution in [3.63, 3.8) is 0 Å². The molecule has 1 saturated heterocycles. The van der Waals surface area contributed by atoms with Gasteiger partial charge in [-0.05, 0) is 12.0 Å². The second kappa shape index (κ2) is 4.43. The van der Waals surface area contributed by atoms with Crippen molar-refractivity contribution >= 4 is 6.08 Å². The summed E-state index contributed by atoms with van der Waals surface area (Å²) in [5.74, 6) is 0. The Morgan fingerprint density at radius 1 is 1.29 bits per heavy atom. The summed E-state index contributed by atoms with van der Waals surface area (Å²) in [6, 6.07) is 10.3. The second-order valence-electron chi connectivity index (χ2n) is 3.70. The van der Waals surface area contributed by atoms with Gasteiger partial charge in [0.1, 0.15) is 6.10 Å². The van der Waals surface area contributed by atoms with Crippen LogP contribution in [0.5, 0.6) is 0 Å². The van der Waals surface area contributed by atoms with Crippen LogP contribution in [0.3, 0.4) is 0 Å². The Morgan fingerprint density at radius 3 is 2.79 bits per heavy atom. The molecular formula is C13H16O. The average molecular weight is 188 g/mol. The molecule has 0 N–H and O–H groups in total. The molecule has 0 aromatic heterocycles. The van der Waals surface area contributed by atoms with Gasteiger partial charge in [-0.3, -0.25) is 0 Å². The van der Waals surface area contributed by atoms with Crippen LogP contribution >= 0.6 is 0 Å². The third-order valence-corrected chi connectivity index (χ3v) is 2.47. The van der Waals surface area contributed by atoms with Crippen LogP contribution in [0.4, 0.5) is 0 Å². The lowest BCUT2D eigenvalue weighted by Crippen LogP contribution is -1.88. The molecule has 0 unspecified atom stereocenters. The Labute approximate surface area is 85.4 Å². The summed E-state index contributed by atoms with van der Waals surface area (Å²) in [5.41, 5.74) is 1.25. The van der Waals surface area contributed by atoms with E-state index in [1.807, 2.05) is 6.07 Å². The zero-order valence-electron chi connectivity index (χ0n) is 8.52. The quantitative estimate of drug-likeness (QED) is 0.661. The van der Waals surface area contributed by atoms with E-state index in [2.05, 4.69) is 43.3 Å². The number of epoxide rings is 1. The minimum atomic E-state index is 0.371. The largest absolute Gasteiger partial charge is 0.365 e. The molecular weight excluding hydrogens is 172 g/mol. The fourth-order valence-corrected chi connectivity index (χ4v) is 1.61. The van der Waals surface area contributed by atoms with Gasteiger partial charge in [-0.25, -0.2) is 0 Å². The van der Waals surface area contributed by atoms with E-state index in [9.17, 15) is 0 Å². The summed E-state index contributed by atoms with van der Waals surface area (Å²) in [4.78, 5) is 0. The molecule has 1 nitrogen and oxygen atoms in total. The van der Waals surface area contributed by atoms with E-state index in [-0.39, 0.29) is 0 Å². The SMILES string of the molecule is CCC[C@H]1O[C@@H]1/C=C/c1ccccc1. The summed E-state index contributed by atoms with van der Waals surface area (Å²) in [5, 5.41) is 0. The number of hydrogen-bond acceptors (Lipinski definition) is 1.